The van der Waals surface area contributed by atoms with Crippen LogP contribution in [0.2, 0.25) is 0 Å². The molecule has 0 bridgehead atoms. The molecule has 0 fully saturated rings. The van der Waals surface area contributed by atoms with Gasteiger partial charge in [-0.15, -0.1) is 11.3 Å². The minimum atomic E-state index is 0.294. The summed E-state index contributed by atoms with van der Waals surface area (Å²) in [6.45, 7) is 7.26. The third kappa shape index (κ3) is 3.30. The molecule has 0 aromatic carbocycles. The van der Waals surface area contributed by atoms with Crippen LogP contribution in [0.5, 0.6) is 0 Å². The molecule has 0 saturated heterocycles. The van der Waals surface area contributed by atoms with Gasteiger partial charge >= 0.3 is 0 Å². The van der Waals surface area contributed by atoms with E-state index in [1.165, 1.54) is 10.6 Å². The van der Waals surface area contributed by atoms with Crippen LogP contribution in [-0.2, 0) is 19.9 Å². The number of aryl methyl sites for hydroxylation is 3. The molecule has 0 amide bonds. The average molecular weight is 357 g/mol. The molecule has 2 aromatic heterocycles. The first-order valence-electron chi connectivity index (χ1n) is 6.92. The Bertz CT molecular complexity index is 576. The van der Waals surface area contributed by atoms with Crippen molar-refractivity contribution in [3.05, 3.63) is 31.9 Å². The highest BCUT2D eigenvalue weighted by Crippen LogP contribution is 2.29. The Morgan fingerprint density at radius 1 is 1.45 bits per heavy atom. The van der Waals surface area contributed by atoms with Gasteiger partial charge in [0.25, 0.3) is 0 Å². The number of hydrogen-bond acceptors (Lipinski definition) is 4. The van der Waals surface area contributed by atoms with E-state index < -0.39 is 0 Å². The zero-order chi connectivity index (χ0) is 14.7. The monoisotopic (exact) mass is 356 g/mol. The molecular formula is C14H21BrN4S. The molecule has 0 aliphatic carbocycles. The summed E-state index contributed by atoms with van der Waals surface area (Å²) in [4.78, 5) is 5.66. The Morgan fingerprint density at radius 3 is 2.70 bits per heavy atom. The normalized spacial score (nSPS) is 12.8. The van der Waals surface area contributed by atoms with Crippen molar-refractivity contribution in [2.24, 2.45) is 7.05 Å². The van der Waals surface area contributed by atoms with Crippen LogP contribution in [-0.4, -0.2) is 21.3 Å². The van der Waals surface area contributed by atoms with Crippen LogP contribution >= 0.6 is 27.3 Å². The third-order valence-electron chi connectivity index (χ3n) is 3.33. The van der Waals surface area contributed by atoms with E-state index >= 15 is 0 Å². The fourth-order valence-electron chi connectivity index (χ4n) is 2.29. The molecular weight excluding hydrogens is 336 g/mol. The lowest BCUT2D eigenvalue weighted by Gasteiger charge is -2.16. The quantitative estimate of drug-likeness (QED) is 0.862. The second-order valence-corrected chi connectivity index (χ2v) is 6.84. The standard InChI is InChI=1S/C14H21BrN4S/c1-5-10-14(15)12(19(4)18-10)7-11(16-6-2)13-8-17-9(3)20-13/h8,11,16H,5-7H2,1-4H3. The molecule has 110 valence electrons. The fraction of sp³-hybridized carbons (Fsp3) is 0.571. The van der Waals surface area contributed by atoms with Gasteiger partial charge in [0.1, 0.15) is 0 Å². The first-order valence-corrected chi connectivity index (χ1v) is 8.53. The summed E-state index contributed by atoms with van der Waals surface area (Å²) in [5, 5.41) is 9.23. The summed E-state index contributed by atoms with van der Waals surface area (Å²) >= 11 is 5.46. The van der Waals surface area contributed by atoms with Crippen LogP contribution in [0.4, 0.5) is 0 Å². The maximum absolute atomic E-state index is 4.57. The lowest BCUT2D eigenvalue weighted by molar-refractivity contribution is 0.534. The van der Waals surface area contributed by atoms with E-state index in [4.69, 9.17) is 0 Å². The zero-order valence-electron chi connectivity index (χ0n) is 12.4. The number of aromatic nitrogens is 3. The summed E-state index contributed by atoms with van der Waals surface area (Å²) in [6.07, 6.45) is 3.85. The molecule has 2 heterocycles. The van der Waals surface area contributed by atoms with Crippen LogP contribution in [0.25, 0.3) is 0 Å². The number of hydrogen-bond donors (Lipinski definition) is 1. The Kier molecular flexibility index (Phi) is 5.35. The highest BCUT2D eigenvalue weighted by Gasteiger charge is 2.19. The minimum Gasteiger partial charge on any atom is -0.309 e. The first-order chi connectivity index (χ1) is 9.56. The predicted octanol–water partition coefficient (Wildman–Crippen LogP) is 3.40. The van der Waals surface area contributed by atoms with E-state index in [9.17, 15) is 0 Å². The van der Waals surface area contributed by atoms with Gasteiger partial charge in [0.15, 0.2) is 0 Å². The van der Waals surface area contributed by atoms with Gasteiger partial charge in [0, 0.05) is 30.6 Å². The number of likely N-dealkylation sites (N-methyl/N-ethyl adjacent to an activating group) is 1. The lowest BCUT2D eigenvalue weighted by atomic mass is 10.1. The van der Waals surface area contributed by atoms with Crippen LogP contribution < -0.4 is 5.32 Å². The van der Waals surface area contributed by atoms with E-state index in [2.05, 4.69) is 45.2 Å². The van der Waals surface area contributed by atoms with Crippen LogP contribution in [0, 0.1) is 6.92 Å². The SMILES string of the molecule is CCNC(Cc1c(Br)c(CC)nn1C)c1cnc(C)s1. The minimum absolute atomic E-state index is 0.294. The van der Waals surface area contributed by atoms with Crippen LogP contribution in [0.1, 0.15) is 41.2 Å². The van der Waals surface area contributed by atoms with E-state index in [0.29, 0.717) is 6.04 Å². The van der Waals surface area contributed by atoms with Crippen molar-refractivity contribution in [1.82, 2.24) is 20.1 Å². The number of nitrogens with one attached hydrogen (secondary N) is 1. The number of thiazole rings is 1. The Balaban J connectivity index is 2.26. The smallest absolute Gasteiger partial charge is 0.0897 e. The number of nitrogens with zero attached hydrogens (tertiary/aromatic N) is 3. The molecule has 0 aliphatic rings. The molecule has 0 saturated carbocycles. The second-order valence-electron chi connectivity index (χ2n) is 4.78. The summed E-state index contributed by atoms with van der Waals surface area (Å²) in [5.74, 6) is 0. The molecule has 1 unspecified atom stereocenters. The van der Waals surface area contributed by atoms with Gasteiger partial charge in [-0.3, -0.25) is 4.68 Å². The van der Waals surface area contributed by atoms with Crippen molar-refractivity contribution in [1.29, 1.82) is 0 Å². The van der Waals surface area contributed by atoms with Gasteiger partial charge in [0.2, 0.25) is 0 Å². The van der Waals surface area contributed by atoms with E-state index in [1.807, 2.05) is 24.9 Å². The van der Waals surface area contributed by atoms with E-state index in [1.54, 1.807) is 11.3 Å². The Labute approximate surface area is 132 Å². The van der Waals surface area contributed by atoms with Gasteiger partial charge in [-0.05, 0) is 35.8 Å². The first kappa shape index (κ1) is 15.7. The number of rotatable bonds is 6. The molecule has 2 aromatic rings. The molecule has 0 radical (unpaired) electrons. The maximum atomic E-state index is 4.57. The highest BCUT2D eigenvalue weighted by atomic mass is 79.9. The summed E-state index contributed by atoms with van der Waals surface area (Å²) in [6, 6.07) is 0.294. The zero-order valence-corrected chi connectivity index (χ0v) is 14.8. The topological polar surface area (TPSA) is 42.7 Å². The van der Waals surface area contributed by atoms with Crippen molar-refractivity contribution in [2.45, 2.75) is 39.7 Å². The van der Waals surface area contributed by atoms with Crippen molar-refractivity contribution in [3.63, 3.8) is 0 Å². The van der Waals surface area contributed by atoms with Gasteiger partial charge in [-0.1, -0.05) is 13.8 Å². The molecule has 20 heavy (non-hydrogen) atoms. The van der Waals surface area contributed by atoms with Gasteiger partial charge in [-0.2, -0.15) is 5.10 Å². The maximum Gasteiger partial charge on any atom is 0.0897 e. The Hall–Kier alpha value is -0.720. The third-order valence-corrected chi connectivity index (χ3v) is 5.28. The van der Waals surface area contributed by atoms with Crippen LogP contribution in [0.3, 0.4) is 0 Å². The van der Waals surface area contributed by atoms with Crippen molar-refractivity contribution < 1.29 is 0 Å². The van der Waals surface area contributed by atoms with Gasteiger partial charge in [0.05, 0.1) is 20.9 Å². The molecule has 6 heteroatoms. The number of halogens is 1. The molecule has 0 aliphatic heterocycles. The van der Waals surface area contributed by atoms with Crippen LogP contribution in [0.15, 0.2) is 10.7 Å². The van der Waals surface area contributed by atoms with Crippen molar-refractivity contribution in [2.75, 3.05) is 6.54 Å². The molecule has 2 rings (SSSR count). The highest BCUT2D eigenvalue weighted by molar-refractivity contribution is 9.10. The van der Waals surface area contributed by atoms with E-state index in [-0.39, 0.29) is 0 Å². The molecule has 4 nitrogen and oxygen atoms in total. The average Bonchev–Trinajstić information content (AvgIpc) is 2.96. The summed E-state index contributed by atoms with van der Waals surface area (Å²) < 4.78 is 3.13. The van der Waals surface area contributed by atoms with Crippen molar-refractivity contribution >= 4 is 27.3 Å². The van der Waals surface area contributed by atoms with Gasteiger partial charge < -0.3 is 5.32 Å². The molecule has 1 N–H and O–H groups in total. The van der Waals surface area contributed by atoms with E-state index in [0.717, 1.165) is 34.6 Å². The van der Waals surface area contributed by atoms with Crippen molar-refractivity contribution in [3.8, 4) is 0 Å². The molecule has 1 atom stereocenters. The largest absolute Gasteiger partial charge is 0.309 e. The predicted molar refractivity (Wildman–Crippen MR) is 87.3 cm³/mol. The summed E-state index contributed by atoms with van der Waals surface area (Å²) in [5.41, 5.74) is 2.36. The van der Waals surface area contributed by atoms with Gasteiger partial charge in [-0.25, -0.2) is 4.98 Å². The molecule has 0 spiro atoms. The summed E-state index contributed by atoms with van der Waals surface area (Å²) in [7, 11) is 2.01. The fourth-order valence-corrected chi connectivity index (χ4v) is 3.93. The second kappa shape index (κ2) is 6.83. The Morgan fingerprint density at radius 2 is 2.20 bits per heavy atom. The lowest BCUT2D eigenvalue weighted by Crippen LogP contribution is -2.23.